The lowest BCUT2D eigenvalue weighted by atomic mass is 10.0. The van der Waals surface area contributed by atoms with Crippen LogP contribution in [0.3, 0.4) is 0 Å². The number of nitrogens with two attached hydrogens (primary N) is 1. The van der Waals surface area contributed by atoms with Crippen LogP contribution in [0.4, 0.5) is 11.5 Å². The Kier molecular flexibility index (Phi) is 17.8. The van der Waals surface area contributed by atoms with E-state index in [1.165, 1.54) is 24.9 Å². The Balaban J connectivity index is 1.47. The SMILES string of the molecule is CCCCNc1cc(C(=O)OCC(=O)N(C)CC(=O)O[C@H](CCc2nsnc2N2CCOCC2)CN(C(=O)COC(C)=O)C(C)(C)C)cc(S(N)(=O)=O)c1Oc1ccccc1. The molecule has 0 bridgehead atoms. The third-order valence-electron chi connectivity index (χ3n) is 9.27. The lowest BCUT2D eigenvalue weighted by Gasteiger charge is -2.38. The second kappa shape index (κ2) is 22.5. The van der Waals surface area contributed by atoms with E-state index in [1.54, 1.807) is 51.1 Å². The quantitative estimate of drug-likeness (QED) is 0.0886. The summed E-state index contributed by atoms with van der Waals surface area (Å²) in [6.07, 6.45) is 1.21. The fraction of sp³-hybridized carbons (Fsp3) is 0.525. The molecule has 1 atom stereocenters. The number of ether oxygens (including phenoxy) is 5. The summed E-state index contributed by atoms with van der Waals surface area (Å²) in [5.74, 6) is -2.82. The number of nitrogens with one attached hydrogen (secondary N) is 1. The van der Waals surface area contributed by atoms with Crippen LogP contribution in [0.2, 0.25) is 0 Å². The molecule has 2 aromatic carbocycles. The second-order valence-electron chi connectivity index (χ2n) is 15.2. The zero-order valence-corrected chi connectivity index (χ0v) is 37.0. The number of sulfonamides is 1. The number of benzene rings is 2. The molecule has 334 valence electrons. The predicted molar refractivity (Wildman–Crippen MR) is 225 cm³/mol. The van der Waals surface area contributed by atoms with Crippen molar-refractivity contribution < 1.29 is 56.1 Å². The highest BCUT2D eigenvalue weighted by Crippen LogP contribution is 2.37. The fourth-order valence-electron chi connectivity index (χ4n) is 6.05. The number of hydrogen-bond acceptors (Lipinski definition) is 17. The second-order valence-corrected chi connectivity index (χ2v) is 17.2. The highest BCUT2D eigenvalue weighted by atomic mass is 32.2. The van der Waals surface area contributed by atoms with Gasteiger partial charge in [0.25, 0.3) is 11.8 Å². The van der Waals surface area contributed by atoms with Crippen LogP contribution in [0.15, 0.2) is 47.4 Å². The van der Waals surface area contributed by atoms with Gasteiger partial charge in [-0.1, -0.05) is 31.5 Å². The van der Waals surface area contributed by atoms with Crippen molar-refractivity contribution in [1.29, 1.82) is 0 Å². The topological polar surface area (TPSA) is 239 Å². The van der Waals surface area contributed by atoms with Gasteiger partial charge in [-0.2, -0.15) is 8.75 Å². The van der Waals surface area contributed by atoms with Crippen molar-refractivity contribution in [2.75, 3.05) is 76.4 Å². The van der Waals surface area contributed by atoms with E-state index in [0.717, 1.165) is 35.5 Å². The molecule has 0 spiro atoms. The molecular weight excluding hydrogens is 835 g/mol. The number of aromatic nitrogens is 2. The minimum atomic E-state index is -4.44. The van der Waals surface area contributed by atoms with Crippen molar-refractivity contribution in [2.24, 2.45) is 5.14 Å². The van der Waals surface area contributed by atoms with E-state index >= 15 is 0 Å². The molecule has 3 N–H and O–H groups in total. The maximum atomic E-state index is 13.4. The van der Waals surface area contributed by atoms with Crippen LogP contribution in [-0.4, -0.2) is 135 Å². The smallest absolute Gasteiger partial charge is 0.338 e. The van der Waals surface area contributed by atoms with Gasteiger partial charge >= 0.3 is 17.9 Å². The lowest BCUT2D eigenvalue weighted by molar-refractivity contribution is -0.160. The van der Waals surface area contributed by atoms with Crippen LogP contribution >= 0.6 is 11.7 Å². The Morgan fingerprint density at radius 2 is 1.70 bits per heavy atom. The Hall–Kier alpha value is -5.38. The summed E-state index contributed by atoms with van der Waals surface area (Å²) >= 11 is 1.06. The summed E-state index contributed by atoms with van der Waals surface area (Å²) in [5, 5.41) is 8.67. The molecule has 0 aliphatic carbocycles. The number of amides is 2. The number of hydrogen-bond donors (Lipinski definition) is 2. The molecule has 0 saturated carbocycles. The number of anilines is 2. The summed E-state index contributed by atoms with van der Waals surface area (Å²) in [6, 6.07) is 10.8. The van der Waals surface area contributed by atoms with Gasteiger partial charge in [-0.05, 0) is 64.3 Å². The number of nitrogens with zero attached hydrogens (tertiary/aromatic N) is 5. The van der Waals surface area contributed by atoms with E-state index < -0.39 is 76.0 Å². The number of carbonyl (C=O) groups is 5. The van der Waals surface area contributed by atoms with Gasteiger partial charge in [0.05, 0.1) is 48.4 Å². The van der Waals surface area contributed by atoms with E-state index in [-0.39, 0.29) is 30.0 Å². The molecule has 1 aliphatic heterocycles. The molecule has 1 fully saturated rings. The van der Waals surface area contributed by atoms with Crippen molar-refractivity contribution in [3.05, 3.63) is 53.7 Å². The number of esters is 3. The number of morpholine rings is 1. The number of likely N-dealkylation sites (N-methyl/N-ethyl adjacent to an activating group) is 1. The molecule has 2 heterocycles. The van der Waals surface area contributed by atoms with E-state index in [0.29, 0.717) is 56.5 Å². The van der Waals surface area contributed by atoms with Crippen molar-refractivity contribution in [3.63, 3.8) is 0 Å². The maximum absolute atomic E-state index is 13.4. The average molecular weight is 890 g/mol. The first kappa shape index (κ1) is 48.3. The van der Waals surface area contributed by atoms with E-state index in [2.05, 4.69) is 19.0 Å². The molecule has 1 saturated heterocycles. The molecule has 4 rings (SSSR count). The van der Waals surface area contributed by atoms with E-state index in [1.807, 2.05) is 6.92 Å². The van der Waals surface area contributed by atoms with Gasteiger partial charge in [0, 0.05) is 39.1 Å². The molecular formula is C40H55N7O12S2. The Morgan fingerprint density at radius 3 is 2.34 bits per heavy atom. The largest absolute Gasteiger partial charge is 0.459 e. The third-order valence-corrected chi connectivity index (χ3v) is 10.7. The first-order chi connectivity index (χ1) is 28.9. The van der Waals surface area contributed by atoms with Gasteiger partial charge in [-0.15, -0.1) is 0 Å². The number of aryl methyl sites for hydroxylation is 1. The minimum Gasteiger partial charge on any atom is -0.459 e. The standard InChI is InChI=1S/C40H55N7O12S2/c1-7-8-16-42-32-21-28(22-33(61(41,53)54)37(32)59-29-12-10-9-11-13-29)39(52)57-25-34(49)45(6)24-36(51)58-30(23-47(40(3,4)5)35(50)26-56-27(2)48)14-15-31-38(44-60-43-31)46-17-19-55-20-18-46/h9-13,21-22,30,42H,7-8,14-20,23-26H2,1-6H3,(H2,41,53,54)/t30-/m1/s1. The van der Waals surface area contributed by atoms with Gasteiger partial charge in [-0.25, -0.2) is 18.4 Å². The summed E-state index contributed by atoms with van der Waals surface area (Å²) in [4.78, 5) is 68.8. The van der Waals surface area contributed by atoms with Crippen LogP contribution in [0.1, 0.15) is 69.9 Å². The average Bonchev–Trinajstić information content (AvgIpc) is 3.69. The van der Waals surface area contributed by atoms with Crippen LogP contribution in [-0.2, 0) is 54.6 Å². The molecule has 1 aromatic heterocycles. The fourth-order valence-corrected chi connectivity index (χ4v) is 7.37. The first-order valence-electron chi connectivity index (χ1n) is 19.7. The Morgan fingerprint density at radius 1 is 1.02 bits per heavy atom. The number of primary sulfonamides is 1. The van der Waals surface area contributed by atoms with Gasteiger partial charge < -0.3 is 43.7 Å². The molecule has 2 amide bonds. The monoisotopic (exact) mass is 889 g/mol. The number of rotatable bonds is 21. The molecule has 19 nitrogen and oxygen atoms in total. The van der Waals surface area contributed by atoms with Crippen LogP contribution in [0.5, 0.6) is 11.5 Å². The van der Waals surface area contributed by atoms with Crippen LogP contribution in [0.25, 0.3) is 0 Å². The maximum Gasteiger partial charge on any atom is 0.338 e. The highest BCUT2D eigenvalue weighted by molar-refractivity contribution is 7.89. The third kappa shape index (κ3) is 14.9. The summed E-state index contributed by atoms with van der Waals surface area (Å²) in [5.41, 5.74) is -0.136. The summed E-state index contributed by atoms with van der Waals surface area (Å²) in [6.45, 7) is 9.39. The molecule has 0 radical (unpaired) electrons. The first-order valence-corrected chi connectivity index (χ1v) is 22.0. The molecule has 1 aliphatic rings. The van der Waals surface area contributed by atoms with Crippen molar-refractivity contribution in [1.82, 2.24) is 18.5 Å². The van der Waals surface area contributed by atoms with Crippen molar-refractivity contribution in [2.45, 2.75) is 76.8 Å². The van der Waals surface area contributed by atoms with E-state index in [9.17, 15) is 32.4 Å². The van der Waals surface area contributed by atoms with Crippen molar-refractivity contribution in [3.8, 4) is 11.5 Å². The van der Waals surface area contributed by atoms with Gasteiger partial charge in [0.2, 0.25) is 10.0 Å². The highest BCUT2D eigenvalue weighted by Gasteiger charge is 2.32. The van der Waals surface area contributed by atoms with Crippen LogP contribution in [0, 0.1) is 0 Å². The molecule has 0 unspecified atom stereocenters. The van der Waals surface area contributed by atoms with Gasteiger partial charge in [0.1, 0.15) is 23.3 Å². The molecule has 3 aromatic rings. The normalized spacial score (nSPS) is 13.5. The molecule has 61 heavy (non-hydrogen) atoms. The number of carbonyl (C=O) groups excluding carboxylic acids is 5. The van der Waals surface area contributed by atoms with E-state index in [4.69, 9.17) is 28.8 Å². The number of para-hydroxylation sites is 1. The van der Waals surface area contributed by atoms with Gasteiger partial charge in [0.15, 0.2) is 24.8 Å². The zero-order valence-electron chi connectivity index (χ0n) is 35.3. The predicted octanol–water partition coefficient (Wildman–Crippen LogP) is 3.38. The molecule has 21 heteroatoms. The summed E-state index contributed by atoms with van der Waals surface area (Å²) in [7, 11) is -3.12. The number of unbranched alkanes of at least 4 members (excludes halogenated alkanes) is 1. The summed E-state index contributed by atoms with van der Waals surface area (Å²) < 4.78 is 62.0. The Labute approximate surface area is 360 Å². The Bertz CT molecular complexity index is 2090. The van der Waals surface area contributed by atoms with Crippen LogP contribution < -0.4 is 20.1 Å². The lowest BCUT2D eigenvalue weighted by Crippen LogP contribution is -2.51. The van der Waals surface area contributed by atoms with Gasteiger partial charge in [-0.3, -0.25) is 19.2 Å². The minimum absolute atomic E-state index is 0.0694. The van der Waals surface area contributed by atoms with Crippen molar-refractivity contribution >= 4 is 63.0 Å². The zero-order chi connectivity index (χ0) is 44.7.